The Labute approximate surface area is 97.3 Å². The number of aryl methyl sites for hydroxylation is 2. The predicted octanol–water partition coefficient (Wildman–Crippen LogP) is 1.45. The van der Waals surface area contributed by atoms with Crippen molar-refractivity contribution in [3.63, 3.8) is 0 Å². The van der Waals surface area contributed by atoms with Gasteiger partial charge < -0.3 is 9.84 Å². The van der Waals surface area contributed by atoms with Crippen molar-refractivity contribution in [2.75, 3.05) is 11.9 Å². The van der Waals surface area contributed by atoms with Crippen molar-refractivity contribution in [3.05, 3.63) is 17.5 Å². The average Bonchev–Trinajstić information content (AvgIpc) is 2.88. The Morgan fingerprint density at radius 1 is 1.38 bits per heavy atom. The predicted molar refractivity (Wildman–Crippen MR) is 60.5 cm³/mol. The Kier molecular flexibility index (Phi) is 3.45. The lowest BCUT2D eigenvalue weighted by atomic mass is 10.4. The van der Waals surface area contributed by atoms with Gasteiger partial charge in [0.05, 0.1) is 0 Å². The fourth-order valence-electron chi connectivity index (χ4n) is 1.19. The maximum Gasteiger partial charge on any atom is 0.228 e. The van der Waals surface area contributed by atoms with E-state index in [9.17, 15) is 0 Å². The second-order valence-corrected chi connectivity index (χ2v) is 4.03. The normalized spacial score (nSPS) is 10.6. The molecule has 2 aromatic rings. The van der Waals surface area contributed by atoms with E-state index in [1.165, 1.54) is 11.5 Å². The minimum Gasteiger partial charge on any atom is -0.360 e. The van der Waals surface area contributed by atoms with Crippen LogP contribution in [0.1, 0.15) is 24.5 Å². The van der Waals surface area contributed by atoms with Gasteiger partial charge in [-0.05, 0) is 6.92 Å². The number of hydrogen-bond acceptors (Lipinski definition) is 7. The molecule has 0 atom stereocenters. The van der Waals surface area contributed by atoms with Crippen LogP contribution in [0.2, 0.25) is 0 Å². The van der Waals surface area contributed by atoms with Crippen molar-refractivity contribution in [1.29, 1.82) is 0 Å². The molecule has 0 bridgehead atoms. The van der Waals surface area contributed by atoms with Crippen molar-refractivity contribution in [2.24, 2.45) is 0 Å². The number of nitrogens with zero attached hydrogens (tertiary/aromatic N) is 4. The first-order valence-electron chi connectivity index (χ1n) is 5.13. The minimum atomic E-state index is 0.644. The van der Waals surface area contributed by atoms with Gasteiger partial charge in [-0.1, -0.05) is 12.1 Å². The fraction of sp³-hybridized carbons (Fsp3) is 0.556. The molecular weight excluding hydrogens is 226 g/mol. The van der Waals surface area contributed by atoms with Crippen LogP contribution in [0.4, 0.5) is 5.13 Å². The summed E-state index contributed by atoms with van der Waals surface area (Å²) < 4.78 is 9.18. The minimum absolute atomic E-state index is 0.644. The zero-order valence-electron chi connectivity index (χ0n) is 9.23. The lowest BCUT2D eigenvalue weighted by molar-refractivity contribution is 0.377. The smallest absolute Gasteiger partial charge is 0.228 e. The molecule has 0 spiro atoms. The largest absolute Gasteiger partial charge is 0.360 e. The van der Waals surface area contributed by atoms with Crippen molar-refractivity contribution in [1.82, 2.24) is 19.5 Å². The molecule has 0 saturated heterocycles. The summed E-state index contributed by atoms with van der Waals surface area (Å²) in [5.74, 6) is 2.19. The Morgan fingerprint density at radius 3 is 2.88 bits per heavy atom. The van der Waals surface area contributed by atoms with Crippen LogP contribution >= 0.6 is 11.5 Å². The molecule has 2 aromatic heterocycles. The van der Waals surface area contributed by atoms with Gasteiger partial charge in [-0.3, -0.25) is 0 Å². The quantitative estimate of drug-likeness (QED) is 0.851. The zero-order chi connectivity index (χ0) is 11.4. The molecule has 0 aromatic carbocycles. The summed E-state index contributed by atoms with van der Waals surface area (Å²) in [6, 6.07) is 0. The summed E-state index contributed by atoms with van der Waals surface area (Å²) in [6.07, 6.45) is 1.56. The van der Waals surface area contributed by atoms with Crippen molar-refractivity contribution >= 4 is 16.7 Å². The van der Waals surface area contributed by atoms with Crippen LogP contribution < -0.4 is 5.32 Å². The Morgan fingerprint density at radius 2 is 2.25 bits per heavy atom. The SMILES string of the molecule is CCc1nsc(NCCc2nc(C)no2)n1. The van der Waals surface area contributed by atoms with E-state index in [-0.39, 0.29) is 0 Å². The summed E-state index contributed by atoms with van der Waals surface area (Å²) in [5, 5.41) is 7.74. The maximum absolute atomic E-state index is 4.99. The monoisotopic (exact) mass is 239 g/mol. The molecule has 0 aliphatic rings. The van der Waals surface area contributed by atoms with Crippen molar-refractivity contribution < 1.29 is 4.52 Å². The molecule has 7 heteroatoms. The molecule has 0 saturated carbocycles. The fourth-order valence-corrected chi connectivity index (χ4v) is 1.86. The highest BCUT2D eigenvalue weighted by Gasteiger charge is 2.04. The summed E-state index contributed by atoms with van der Waals surface area (Å²) in [5.41, 5.74) is 0. The van der Waals surface area contributed by atoms with Crippen LogP contribution in [-0.2, 0) is 12.8 Å². The Balaban J connectivity index is 1.79. The second kappa shape index (κ2) is 5.02. The number of hydrogen-bond donors (Lipinski definition) is 1. The first-order chi connectivity index (χ1) is 7.78. The van der Waals surface area contributed by atoms with E-state index < -0.39 is 0 Å². The average molecular weight is 239 g/mol. The van der Waals surface area contributed by atoms with Gasteiger partial charge in [0.25, 0.3) is 0 Å². The van der Waals surface area contributed by atoms with Crippen molar-refractivity contribution in [3.8, 4) is 0 Å². The van der Waals surface area contributed by atoms with E-state index in [4.69, 9.17) is 4.52 Å². The molecular formula is C9H13N5OS. The third kappa shape index (κ3) is 2.75. The first-order valence-corrected chi connectivity index (χ1v) is 5.91. The molecule has 6 nitrogen and oxygen atoms in total. The van der Waals surface area contributed by atoms with Gasteiger partial charge in [-0.2, -0.15) is 9.36 Å². The summed E-state index contributed by atoms with van der Waals surface area (Å²) in [6.45, 7) is 4.56. The lowest BCUT2D eigenvalue weighted by Gasteiger charge is -1.97. The molecule has 0 aliphatic heterocycles. The molecule has 2 rings (SSSR count). The highest BCUT2D eigenvalue weighted by atomic mass is 32.1. The van der Waals surface area contributed by atoms with Crippen LogP contribution in [0, 0.1) is 6.92 Å². The topological polar surface area (TPSA) is 76.7 Å². The molecule has 0 radical (unpaired) electrons. The molecule has 0 aliphatic carbocycles. The van der Waals surface area contributed by atoms with E-state index in [1.54, 1.807) is 6.92 Å². The second-order valence-electron chi connectivity index (χ2n) is 3.28. The first kappa shape index (κ1) is 11.0. The highest BCUT2D eigenvalue weighted by Crippen LogP contribution is 2.11. The van der Waals surface area contributed by atoms with Crippen LogP contribution in [0.5, 0.6) is 0 Å². The third-order valence-corrected chi connectivity index (χ3v) is 2.68. The third-order valence-electron chi connectivity index (χ3n) is 1.97. The Hall–Kier alpha value is -1.50. The number of nitrogens with one attached hydrogen (secondary N) is 1. The molecule has 0 amide bonds. The van der Waals surface area contributed by atoms with Gasteiger partial charge in [-0.15, -0.1) is 0 Å². The van der Waals surface area contributed by atoms with E-state index >= 15 is 0 Å². The van der Waals surface area contributed by atoms with E-state index in [0.29, 0.717) is 18.1 Å². The van der Waals surface area contributed by atoms with Gasteiger partial charge in [0.15, 0.2) is 5.82 Å². The van der Waals surface area contributed by atoms with E-state index in [0.717, 1.165) is 23.9 Å². The Bertz CT molecular complexity index is 452. The highest BCUT2D eigenvalue weighted by molar-refractivity contribution is 7.09. The van der Waals surface area contributed by atoms with Crippen LogP contribution in [0.15, 0.2) is 4.52 Å². The number of anilines is 1. The van der Waals surface area contributed by atoms with Gasteiger partial charge in [0.1, 0.15) is 5.82 Å². The van der Waals surface area contributed by atoms with Crippen LogP contribution in [-0.4, -0.2) is 26.0 Å². The summed E-state index contributed by atoms with van der Waals surface area (Å²) in [7, 11) is 0. The number of aromatic nitrogens is 4. The summed E-state index contributed by atoms with van der Waals surface area (Å²) >= 11 is 1.38. The molecule has 1 N–H and O–H groups in total. The standard InChI is InChI=1S/C9H13N5OS/c1-3-7-12-9(16-14-7)10-5-4-8-11-6(2)13-15-8/h3-5H2,1-2H3,(H,10,12,14). The van der Waals surface area contributed by atoms with E-state index in [1.807, 2.05) is 6.92 Å². The molecule has 0 fully saturated rings. The molecule has 16 heavy (non-hydrogen) atoms. The van der Waals surface area contributed by atoms with E-state index in [2.05, 4.69) is 24.8 Å². The van der Waals surface area contributed by atoms with Crippen LogP contribution in [0.3, 0.4) is 0 Å². The van der Waals surface area contributed by atoms with Gasteiger partial charge in [0, 0.05) is 30.9 Å². The molecule has 0 unspecified atom stereocenters. The zero-order valence-corrected chi connectivity index (χ0v) is 10.0. The molecule has 2 heterocycles. The molecule has 86 valence electrons. The van der Waals surface area contributed by atoms with Gasteiger partial charge in [-0.25, -0.2) is 4.98 Å². The maximum atomic E-state index is 4.99. The van der Waals surface area contributed by atoms with Crippen LogP contribution in [0.25, 0.3) is 0 Å². The van der Waals surface area contributed by atoms with Crippen molar-refractivity contribution in [2.45, 2.75) is 26.7 Å². The van der Waals surface area contributed by atoms with Gasteiger partial charge in [0.2, 0.25) is 11.0 Å². The lowest BCUT2D eigenvalue weighted by Crippen LogP contribution is -2.04. The van der Waals surface area contributed by atoms with Gasteiger partial charge >= 0.3 is 0 Å². The summed E-state index contributed by atoms with van der Waals surface area (Å²) in [4.78, 5) is 8.41. The number of rotatable bonds is 5.